The number of ether oxygens (including phenoxy) is 2. The van der Waals surface area contributed by atoms with Crippen LogP contribution in [0, 0.1) is 0 Å². The average molecular weight is 343 g/mol. The first-order chi connectivity index (χ1) is 11.4. The maximum absolute atomic E-state index is 12.5. The molecule has 1 aliphatic heterocycles. The van der Waals surface area contributed by atoms with Gasteiger partial charge < -0.3 is 25.0 Å². The van der Waals surface area contributed by atoms with E-state index in [1.807, 2.05) is 4.90 Å². The summed E-state index contributed by atoms with van der Waals surface area (Å²) in [7, 11) is 1.37. The third-order valence-electron chi connectivity index (χ3n) is 3.69. The van der Waals surface area contributed by atoms with Crippen LogP contribution in [0.25, 0.3) is 0 Å². The molecule has 0 atom stereocenters. The monoisotopic (exact) mass is 343 g/mol. The summed E-state index contributed by atoms with van der Waals surface area (Å²) in [5.41, 5.74) is 5.71. The van der Waals surface area contributed by atoms with E-state index in [1.54, 1.807) is 17.0 Å². The second-order valence-electron chi connectivity index (χ2n) is 5.22. The Balaban J connectivity index is 2.03. The number of methoxy groups -OCH3 is 1. The summed E-state index contributed by atoms with van der Waals surface area (Å²) in [6.07, 6.45) is -0.311. The zero-order valence-corrected chi connectivity index (χ0v) is 13.2. The maximum atomic E-state index is 12.5. The minimum absolute atomic E-state index is 0.0442. The summed E-state index contributed by atoms with van der Waals surface area (Å²) < 4.78 is 34.4. The normalized spacial score (nSPS) is 14.7. The van der Waals surface area contributed by atoms with Crippen molar-refractivity contribution < 1.29 is 27.8 Å². The average Bonchev–Trinajstić information content (AvgIpc) is 2.53. The molecule has 9 heteroatoms. The molecule has 2 amide bonds. The highest BCUT2D eigenvalue weighted by molar-refractivity contribution is 5.96. The molecule has 0 bridgehead atoms. The van der Waals surface area contributed by atoms with Crippen LogP contribution >= 0.6 is 0 Å². The predicted molar refractivity (Wildman–Crippen MR) is 82.2 cm³/mol. The predicted octanol–water partition coefficient (Wildman–Crippen LogP) is 0.821. The Morgan fingerprint density at radius 3 is 2.42 bits per heavy atom. The maximum Gasteiger partial charge on any atom is 0.387 e. The Bertz CT molecular complexity index is 604. The summed E-state index contributed by atoms with van der Waals surface area (Å²) in [5, 5.41) is 0. The summed E-state index contributed by atoms with van der Waals surface area (Å²) in [4.78, 5) is 26.1. The molecule has 0 unspecified atom stereocenters. The van der Waals surface area contributed by atoms with E-state index in [9.17, 15) is 18.4 Å². The van der Waals surface area contributed by atoms with Crippen LogP contribution in [0.2, 0.25) is 0 Å². The molecule has 0 aliphatic carbocycles. The summed E-state index contributed by atoms with van der Waals surface area (Å²) in [6.45, 7) is -1.10. The third-order valence-corrected chi connectivity index (χ3v) is 3.69. The van der Waals surface area contributed by atoms with Crippen LogP contribution < -0.4 is 20.1 Å². The molecule has 24 heavy (non-hydrogen) atoms. The SMILES string of the molecule is COc1ccc(N2CCN(C(=O)CC(N)=O)CC2)cc1OC(F)F. The van der Waals surface area contributed by atoms with E-state index < -0.39 is 12.5 Å². The van der Waals surface area contributed by atoms with Crippen LogP contribution in [-0.4, -0.2) is 56.6 Å². The molecule has 0 aromatic heterocycles. The van der Waals surface area contributed by atoms with Crippen molar-refractivity contribution in [3.05, 3.63) is 18.2 Å². The number of hydrogen-bond donors (Lipinski definition) is 1. The number of nitrogens with two attached hydrogens (primary N) is 1. The lowest BCUT2D eigenvalue weighted by Gasteiger charge is -2.36. The number of carbonyl (C=O) groups excluding carboxylic acids is 2. The fourth-order valence-corrected chi connectivity index (χ4v) is 2.53. The molecule has 1 saturated heterocycles. The van der Waals surface area contributed by atoms with Crippen molar-refractivity contribution in [2.24, 2.45) is 5.73 Å². The smallest absolute Gasteiger partial charge is 0.387 e. The van der Waals surface area contributed by atoms with Gasteiger partial charge >= 0.3 is 6.61 Å². The lowest BCUT2D eigenvalue weighted by atomic mass is 10.2. The number of anilines is 1. The molecule has 1 heterocycles. The first-order valence-electron chi connectivity index (χ1n) is 7.34. The van der Waals surface area contributed by atoms with Crippen molar-refractivity contribution in [3.8, 4) is 11.5 Å². The highest BCUT2D eigenvalue weighted by atomic mass is 19.3. The number of alkyl halides is 2. The van der Waals surface area contributed by atoms with Gasteiger partial charge in [-0.15, -0.1) is 0 Å². The van der Waals surface area contributed by atoms with E-state index in [4.69, 9.17) is 10.5 Å². The number of amides is 2. The fraction of sp³-hybridized carbons (Fsp3) is 0.467. The van der Waals surface area contributed by atoms with Crippen molar-refractivity contribution in [2.75, 3.05) is 38.2 Å². The number of piperazine rings is 1. The second-order valence-corrected chi connectivity index (χ2v) is 5.22. The molecule has 0 spiro atoms. The van der Waals surface area contributed by atoms with E-state index in [1.165, 1.54) is 13.2 Å². The molecular formula is C15H19F2N3O4. The number of rotatable bonds is 6. The van der Waals surface area contributed by atoms with Crippen LogP contribution in [0.5, 0.6) is 11.5 Å². The minimum Gasteiger partial charge on any atom is -0.493 e. The highest BCUT2D eigenvalue weighted by Gasteiger charge is 2.23. The first-order valence-corrected chi connectivity index (χ1v) is 7.34. The van der Waals surface area contributed by atoms with Crippen molar-refractivity contribution in [2.45, 2.75) is 13.0 Å². The van der Waals surface area contributed by atoms with E-state index >= 15 is 0 Å². The summed E-state index contributed by atoms with van der Waals surface area (Å²) in [6, 6.07) is 4.77. The van der Waals surface area contributed by atoms with E-state index in [-0.39, 0.29) is 23.8 Å². The van der Waals surface area contributed by atoms with Gasteiger partial charge in [-0.3, -0.25) is 9.59 Å². The highest BCUT2D eigenvalue weighted by Crippen LogP contribution is 2.33. The molecule has 2 rings (SSSR count). The van der Waals surface area contributed by atoms with Crippen LogP contribution in [0.1, 0.15) is 6.42 Å². The number of hydrogen-bond acceptors (Lipinski definition) is 5. The molecule has 1 fully saturated rings. The van der Waals surface area contributed by atoms with Gasteiger partial charge in [-0.05, 0) is 12.1 Å². The van der Waals surface area contributed by atoms with Crippen LogP contribution in [0.15, 0.2) is 18.2 Å². The Hall–Kier alpha value is -2.58. The van der Waals surface area contributed by atoms with Gasteiger partial charge in [0.25, 0.3) is 0 Å². The number of halogens is 2. The van der Waals surface area contributed by atoms with Crippen LogP contribution in [0.3, 0.4) is 0 Å². The van der Waals surface area contributed by atoms with Gasteiger partial charge in [-0.1, -0.05) is 0 Å². The molecule has 1 aromatic carbocycles. The molecule has 1 aliphatic rings. The van der Waals surface area contributed by atoms with Crippen LogP contribution in [-0.2, 0) is 9.59 Å². The Labute approximate surface area is 137 Å². The molecule has 0 radical (unpaired) electrons. The second kappa shape index (κ2) is 7.80. The molecule has 2 N–H and O–H groups in total. The van der Waals surface area contributed by atoms with E-state index in [0.717, 1.165) is 0 Å². The van der Waals surface area contributed by atoms with Gasteiger partial charge in [-0.25, -0.2) is 0 Å². The van der Waals surface area contributed by atoms with Gasteiger partial charge in [-0.2, -0.15) is 8.78 Å². The van der Waals surface area contributed by atoms with Crippen molar-refractivity contribution in [3.63, 3.8) is 0 Å². The zero-order valence-electron chi connectivity index (χ0n) is 13.2. The Kier molecular flexibility index (Phi) is 5.78. The topological polar surface area (TPSA) is 85.1 Å². The van der Waals surface area contributed by atoms with Crippen molar-refractivity contribution in [1.29, 1.82) is 0 Å². The van der Waals surface area contributed by atoms with Gasteiger partial charge in [0.15, 0.2) is 11.5 Å². The summed E-state index contributed by atoms with van der Waals surface area (Å²) >= 11 is 0. The van der Waals surface area contributed by atoms with Crippen LogP contribution in [0.4, 0.5) is 14.5 Å². The molecule has 0 saturated carbocycles. The lowest BCUT2D eigenvalue weighted by molar-refractivity contribution is -0.135. The lowest BCUT2D eigenvalue weighted by Crippen LogP contribution is -2.49. The number of nitrogens with zero attached hydrogens (tertiary/aromatic N) is 2. The number of benzene rings is 1. The molecular weight excluding hydrogens is 324 g/mol. The Morgan fingerprint density at radius 2 is 1.88 bits per heavy atom. The van der Waals surface area contributed by atoms with Crippen molar-refractivity contribution in [1.82, 2.24) is 4.90 Å². The van der Waals surface area contributed by atoms with Gasteiger partial charge in [0.2, 0.25) is 11.8 Å². The largest absolute Gasteiger partial charge is 0.493 e. The number of primary amides is 1. The molecule has 7 nitrogen and oxygen atoms in total. The Morgan fingerprint density at radius 1 is 1.21 bits per heavy atom. The quantitative estimate of drug-likeness (QED) is 0.773. The molecule has 1 aromatic rings. The fourth-order valence-electron chi connectivity index (χ4n) is 2.53. The van der Waals surface area contributed by atoms with E-state index in [2.05, 4.69) is 4.74 Å². The minimum atomic E-state index is -2.95. The number of carbonyl (C=O) groups is 2. The third kappa shape index (κ3) is 4.46. The van der Waals surface area contributed by atoms with Gasteiger partial charge in [0.1, 0.15) is 6.42 Å². The van der Waals surface area contributed by atoms with E-state index in [0.29, 0.717) is 31.9 Å². The molecule has 132 valence electrons. The zero-order chi connectivity index (χ0) is 17.7. The van der Waals surface area contributed by atoms with Crippen molar-refractivity contribution >= 4 is 17.5 Å². The first kappa shape index (κ1) is 17.8. The van der Waals surface area contributed by atoms with Gasteiger partial charge in [0.05, 0.1) is 7.11 Å². The van der Waals surface area contributed by atoms with Gasteiger partial charge in [0, 0.05) is 37.9 Å². The summed E-state index contributed by atoms with van der Waals surface area (Å²) in [5.74, 6) is -0.795. The standard InChI is InChI=1S/C15H19F2N3O4/c1-23-11-3-2-10(8-12(11)24-15(16)17)19-4-6-20(7-5-19)14(22)9-13(18)21/h2-3,8,15H,4-7,9H2,1H3,(H2,18,21).